The number of hydrogen-bond acceptors (Lipinski definition) is 6. The van der Waals surface area contributed by atoms with Crippen LogP contribution in [-0.4, -0.2) is 35.3 Å². The standard InChI is InChI=1S/C24H20F3N5O/c1-28-13-15-5-7-16(8-6-15)30-21-12-17(14-33-2)31-23-18(21)9-10-20(32-23)22-19(24(25,26)27)4-3-11-29-22/h3-13H,14H2,1-2H3,(H,30,31,32). The highest BCUT2D eigenvalue weighted by atomic mass is 19.4. The van der Waals surface area contributed by atoms with Gasteiger partial charge >= 0.3 is 6.18 Å². The van der Waals surface area contributed by atoms with E-state index in [0.29, 0.717) is 16.8 Å². The molecule has 0 radical (unpaired) electrons. The van der Waals surface area contributed by atoms with E-state index in [1.54, 1.807) is 26.4 Å². The Labute approximate surface area is 188 Å². The van der Waals surface area contributed by atoms with Gasteiger partial charge in [0.1, 0.15) is 5.69 Å². The Balaban J connectivity index is 1.79. The molecule has 0 atom stereocenters. The molecule has 0 unspecified atom stereocenters. The van der Waals surface area contributed by atoms with Crippen LogP contribution in [-0.2, 0) is 17.5 Å². The van der Waals surface area contributed by atoms with E-state index < -0.39 is 11.7 Å². The third-order valence-corrected chi connectivity index (χ3v) is 4.84. The predicted octanol–water partition coefficient (Wildman–Crippen LogP) is 5.65. The zero-order chi connectivity index (χ0) is 23.4. The molecule has 1 aromatic carbocycles. The Morgan fingerprint density at radius 1 is 1.06 bits per heavy atom. The number of alkyl halides is 3. The smallest absolute Gasteiger partial charge is 0.378 e. The average molecular weight is 451 g/mol. The number of aromatic nitrogens is 3. The number of halogens is 3. The second kappa shape index (κ2) is 9.33. The van der Waals surface area contributed by atoms with Crippen molar-refractivity contribution in [3.63, 3.8) is 0 Å². The lowest BCUT2D eigenvalue weighted by Crippen LogP contribution is -2.09. The first-order valence-corrected chi connectivity index (χ1v) is 10.0. The van der Waals surface area contributed by atoms with Crippen molar-refractivity contribution < 1.29 is 17.9 Å². The quantitative estimate of drug-likeness (QED) is 0.384. The summed E-state index contributed by atoms with van der Waals surface area (Å²) in [6.07, 6.45) is -1.49. The summed E-state index contributed by atoms with van der Waals surface area (Å²) in [5.74, 6) is 0. The van der Waals surface area contributed by atoms with Gasteiger partial charge in [0.25, 0.3) is 0 Å². The second-order valence-electron chi connectivity index (χ2n) is 7.19. The minimum atomic E-state index is -4.55. The molecule has 0 aliphatic heterocycles. The summed E-state index contributed by atoms with van der Waals surface area (Å²) in [6, 6.07) is 14.9. The van der Waals surface area contributed by atoms with Crippen LogP contribution in [0.1, 0.15) is 16.8 Å². The van der Waals surface area contributed by atoms with Crippen molar-refractivity contribution in [2.75, 3.05) is 19.5 Å². The highest BCUT2D eigenvalue weighted by Gasteiger charge is 2.34. The van der Waals surface area contributed by atoms with Gasteiger partial charge in [0, 0.05) is 37.6 Å². The number of benzene rings is 1. The van der Waals surface area contributed by atoms with E-state index in [4.69, 9.17) is 4.74 Å². The fourth-order valence-electron chi connectivity index (χ4n) is 3.41. The van der Waals surface area contributed by atoms with Crippen LogP contribution in [0.25, 0.3) is 22.4 Å². The van der Waals surface area contributed by atoms with Gasteiger partial charge in [0.15, 0.2) is 5.65 Å². The monoisotopic (exact) mass is 451 g/mol. The van der Waals surface area contributed by atoms with Gasteiger partial charge in [-0.15, -0.1) is 0 Å². The lowest BCUT2D eigenvalue weighted by atomic mass is 10.1. The number of nitrogens with one attached hydrogen (secondary N) is 1. The third kappa shape index (κ3) is 4.98. The Morgan fingerprint density at radius 2 is 1.85 bits per heavy atom. The summed E-state index contributed by atoms with van der Waals surface area (Å²) < 4.78 is 45.6. The lowest BCUT2D eigenvalue weighted by Gasteiger charge is -2.14. The highest BCUT2D eigenvalue weighted by Crippen LogP contribution is 2.36. The molecule has 168 valence electrons. The molecule has 4 aromatic rings. The molecular weight excluding hydrogens is 431 g/mol. The molecule has 6 nitrogen and oxygen atoms in total. The Bertz CT molecular complexity index is 1300. The maximum atomic E-state index is 13.5. The van der Waals surface area contributed by atoms with Gasteiger partial charge in [-0.3, -0.25) is 9.98 Å². The normalized spacial score (nSPS) is 11.9. The number of aliphatic imine (C=N–C) groups is 1. The van der Waals surface area contributed by atoms with Gasteiger partial charge in [-0.05, 0) is 48.0 Å². The van der Waals surface area contributed by atoms with Crippen LogP contribution in [0.5, 0.6) is 0 Å². The number of nitrogens with zero attached hydrogens (tertiary/aromatic N) is 4. The number of ether oxygens (including phenoxy) is 1. The molecule has 0 spiro atoms. The first-order chi connectivity index (χ1) is 15.9. The molecule has 3 heterocycles. The molecule has 4 rings (SSSR count). The summed E-state index contributed by atoms with van der Waals surface area (Å²) in [6.45, 7) is 0.222. The van der Waals surface area contributed by atoms with Gasteiger partial charge in [-0.25, -0.2) is 9.97 Å². The summed E-state index contributed by atoms with van der Waals surface area (Å²) in [5.41, 5.74) is 2.37. The first-order valence-electron chi connectivity index (χ1n) is 10.0. The molecule has 33 heavy (non-hydrogen) atoms. The zero-order valence-electron chi connectivity index (χ0n) is 17.9. The maximum Gasteiger partial charge on any atom is 0.418 e. The van der Waals surface area contributed by atoms with Crippen molar-refractivity contribution in [3.05, 3.63) is 77.6 Å². The van der Waals surface area contributed by atoms with Crippen molar-refractivity contribution >= 4 is 28.6 Å². The molecular formula is C24H20F3N5O. The SMILES string of the molecule is CN=Cc1ccc(Nc2cc(COC)nc3nc(-c4ncccc4C(F)(F)F)ccc23)cc1. The summed E-state index contributed by atoms with van der Waals surface area (Å²) in [7, 11) is 3.25. The van der Waals surface area contributed by atoms with Gasteiger partial charge in [0.05, 0.1) is 29.2 Å². The van der Waals surface area contributed by atoms with Crippen LogP contribution in [0, 0.1) is 0 Å². The van der Waals surface area contributed by atoms with Gasteiger partial charge < -0.3 is 10.1 Å². The van der Waals surface area contributed by atoms with Crippen LogP contribution >= 0.6 is 0 Å². The van der Waals surface area contributed by atoms with E-state index in [2.05, 4.69) is 25.3 Å². The third-order valence-electron chi connectivity index (χ3n) is 4.84. The summed E-state index contributed by atoms with van der Waals surface area (Å²) >= 11 is 0. The van der Waals surface area contributed by atoms with Crippen LogP contribution < -0.4 is 5.32 Å². The summed E-state index contributed by atoms with van der Waals surface area (Å²) in [4.78, 5) is 16.8. The van der Waals surface area contributed by atoms with E-state index in [9.17, 15) is 13.2 Å². The van der Waals surface area contributed by atoms with Crippen LogP contribution in [0.2, 0.25) is 0 Å². The Hall–Kier alpha value is -3.85. The molecule has 9 heteroatoms. The minimum Gasteiger partial charge on any atom is -0.378 e. The molecule has 0 aliphatic carbocycles. The maximum absolute atomic E-state index is 13.5. The van der Waals surface area contributed by atoms with Gasteiger partial charge in [0.2, 0.25) is 0 Å². The van der Waals surface area contributed by atoms with Crippen molar-refractivity contribution in [3.8, 4) is 11.4 Å². The highest BCUT2D eigenvalue weighted by molar-refractivity contribution is 5.92. The van der Waals surface area contributed by atoms with E-state index in [-0.39, 0.29) is 23.6 Å². The lowest BCUT2D eigenvalue weighted by molar-refractivity contribution is -0.137. The average Bonchev–Trinajstić information content (AvgIpc) is 2.80. The first kappa shape index (κ1) is 22.3. The number of pyridine rings is 3. The van der Waals surface area contributed by atoms with Crippen molar-refractivity contribution in [2.45, 2.75) is 12.8 Å². The van der Waals surface area contributed by atoms with E-state index in [1.807, 2.05) is 30.3 Å². The van der Waals surface area contributed by atoms with E-state index >= 15 is 0 Å². The van der Waals surface area contributed by atoms with Crippen LogP contribution in [0.15, 0.2) is 65.8 Å². The number of anilines is 2. The van der Waals surface area contributed by atoms with Gasteiger partial charge in [-0.2, -0.15) is 13.2 Å². The fraction of sp³-hybridized carbons (Fsp3) is 0.167. The van der Waals surface area contributed by atoms with E-state index in [0.717, 1.165) is 17.3 Å². The second-order valence-corrected chi connectivity index (χ2v) is 7.19. The molecule has 0 fully saturated rings. The molecule has 0 saturated heterocycles. The number of fused-ring (bicyclic) bond motifs is 1. The Morgan fingerprint density at radius 3 is 2.55 bits per heavy atom. The number of methoxy groups -OCH3 is 1. The largest absolute Gasteiger partial charge is 0.418 e. The van der Waals surface area contributed by atoms with E-state index in [1.165, 1.54) is 18.3 Å². The number of hydrogen-bond donors (Lipinski definition) is 1. The molecule has 1 N–H and O–H groups in total. The topological polar surface area (TPSA) is 72.3 Å². The molecule has 0 bridgehead atoms. The molecule has 0 amide bonds. The van der Waals surface area contributed by atoms with Crippen molar-refractivity contribution in [1.29, 1.82) is 0 Å². The van der Waals surface area contributed by atoms with Crippen LogP contribution in [0.4, 0.5) is 24.5 Å². The molecule has 3 aromatic heterocycles. The zero-order valence-corrected chi connectivity index (χ0v) is 17.9. The van der Waals surface area contributed by atoms with Crippen molar-refractivity contribution in [2.24, 2.45) is 4.99 Å². The molecule has 0 saturated carbocycles. The Kier molecular flexibility index (Phi) is 6.32. The fourth-order valence-corrected chi connectivity index (χ4v) is 3.41. The van der Waals surface area contributed by atoms with Crippen molar-refractivity contribution in [1.82, 2.24) is 15.0 Å². The summed E-state index contributed by atoms with van der Waals surface area (Å²) in [5, 5.41) is 3.99. The number of rotatable bonds is 6. The minimum absolute atomic E-state index is 0.0895. The molecule has 0 aliphatic rings. The predicted molar refractivity (Wildman–Crippen MR) is 122 cm³/mol. The van der Waals surface area contributed by atoms with Crippen LogP contribution in [0.3, 0.4) is 0 Å². The van der Waals surface area contributed by atoms with Gasteiger partial charge in [-0.1, -0.05) is 12.1 Å².